The molecule has 3 nitrogen and oxygen atoms in total. The molecule has 1 saturated heterocycles. The van der Waals surface area contributed by atoms with Gasteiger partial charge in [-0.1, -0.05) is 6.92 Å². The van der Waals surface area contributed by atoms with Crippen molar-refractivity contribution in [3.8, 4) is 0 Å². The van der Waals surface area contributed by atoms with Gasteiger partial charge in [-0.05, 0) is 50.8 Å². The minimum Gasteiger partial charge on any atom is -0.469 e. The molecule has 3 heteroatoms. The fraction of sp³-hybridized carbons (Fsp3) is 0.733. The van der Waals surface area contributed by atoms with Gasteiger partial charge in [0, 0.05) is 19.1 Å². The molecule has 0 bridgehead atoms. The van der Waals surface area contributed by atoms with Crippen LogP contribution in [0.15, 0.2) is 22.8 Å². The van der Waals surface area contributed by atoms with Crippen LogP contribution in [-0.4, -0.2) is 25.3 Å². The molecule has 0 saturated carbocycles. The van der Waals surface area contributed by atoms with Crippen LogP contribution in [0.5, 0.6) is 0 Å². The Kier molecular flexibility index (Phi) is 5.75. The lowest BCUT2D eigenvalue weighted by molar-refractivity contribution is 0.0994. The summed E-state index contributed by atoms with van der Waals surface area (Å²) in [6, 6.07) is 4.54. The summed E-state index contributed by atoms with van der Waals surface area (Å²) >= 11 is 0. The SMILES string of the molecule is CCCNC(CCC1CCCO1)Cc1ccco1. The fourth-order valence-corrected chi connectivity index (χ4v) is 2.56. The molecule has 1 aromatic rings. The third-order valence-corrected chi connectivity index (χ3v) is 3.57. The molecule has 2 rings (SSSR count). The monoisotopic (exact) mass is 251 g/mol. The van der Waals surface area contributed by atoms with E-state index in [1.54, 1.807) is 6.26 Å². The van der Waals surface area contributed by atoms with Crippen molar-refractivity contribution in [3.63, 3.8) is 0 Å². The smallest absolute Gasteiger partial charge is 0.105 e. The van der Waals surface area contributed by atoms with Gasteiger partial charge in [0.15, 0.2) is 0 Å². The Morgan fingerprint density at radius 2 is 2.44 bits per heavy atom. The number of hydrogen-bond acceptors (Lipinski definition) is 3. The predicted octanol–water partition coefficient (Wildman–Crippen LogP) is 3.15. The Labute approximate surface area is 110 Å². The van der Waals surface area contributed by atoms with Gasteiger partial charge in [0.2, 0.25) is 0 Å². The van der Waals surface area contributed by atoms with Gasteiger partial charge in [0.1, 0.15) is 5.76 Å². The van der Waals surface area contributed by atoms with Crippen molar-refractivity contribution in [1.29, 1.82) is 0 Å². The highest BCUT2D eigenvalue weighted by atomic mass is 16.5. The van der Waals surface area contributed by atoms with Crippen LogP contribution in [0.3, 0.4) is 0 Å². The van der Waals surface area contributed by atoms with Crippen LogP contribution in [0.2, 0.25) is 0 Å². The summed E-state index contributed by atoms with van der Waals surface area (Å²) in [5, 5.41) is 3.62. The Morgan fingerprint density at radius 3 is 3.11 bits per heavy atom. The van der Waals surface area contributed by atoms with Crippen LogP contribution in [-0.2, 0) is 11.2 Å². The second-order valence-electron chi connectivity index (χ2n) is 5.15. The summed E-state index contributed by atoms with van der Waals surface area (Å²) in [6.07, 6.45) is 9.22. The lowest BCUT2D eigenvalue weighted by atomic mass is 10.0. The third kappa shape index (κ3) is 4.46. The molecule has 102 valence electrons. The van der Waals surface area contributed by atoms with E-state index >= 15 is 0 Å². The van der Waals surface area contributed by atoms with Crippen molar-refractivity contribution in [2.75, 3.05) is 13.2 Å². The van der Waals surface area contributed by atoms with Gasteiger partial charge in [0.25, 0.3) is 0 Å². The third-order valence-electron chi connectivity index (χ3n) is 3.57. The van der Waals surface area contributed by atoms with E-state index < -0.39 is 0 Å². The number of rotatable bonds is 8. The maximum Gasteiger partial charge on any atom is 0.105 e. The largest absolute Gasteiger partial charge is 0.469 e. The van der Waals surface area contributed by atoms with E-state index in [0.717, 1.165) is 25.3 Å². The molecule has 0 spiro atoms. The summed E-state index contributed by atoms with van der Waals surface area (Å²) in [5.74, 6) is 1.08. The van der Waals surface area contributed by atoms with Gasteiger partial charge in [-0.15, -0.1) is 0 Å². The van der Waals surface area contributed by atoms with Gasteiger partial charge in [-0.3, -0.25) is 0 Å². The maximum absolute atomic E-state index is 5.69. The summed E-state index contributed by atoms with van der Waals surface area (Å²) in [4.78, 5) is 0. The van der Waals surface area contributed by atoms with Gasteiger partial charge >= 0.3 is 0 Å². The van der Waals surface area contributed by atoms with Gasteiger partial charge in [-0.25, -0.2) is 0 Å². The predicted molar refractivity (Wildman–Crippen MR) is 72.7 cm³/mol. The number of ether oxygens (including phenoxy) is 1. The molecule has 1 aromatic heterocycles. The summed E-state index contributed by atoms with van der Waals surface area (Å²) < 4.78 is 11.1. The molecule has 1 aliphatic rings. The second kappa shape index (κ2) is 7.59. The first-order chi connectivity index (χ1) is 8.88. The van der Waals surface area contributed by atoms with Crippen LogP contribution in [0, 0.1) is 0 Å². The molecule has 0 aromatic carbocycles. The molecule has 0 radical (unpaired) electrons. The van der Waals surface area contributed by atoms with Crippen LogP contribution in [0.25, 0.3) is 0 Å². The molecule has 1 aliphatic heterocycles. The van der Waals surface area contributed by atoms with Crippen LogP contribution >= 0.6 is 0 Å². The number of hydrogen-bond donors (Lipinski definition) is 1. The summed E-state index contributed by atoms with van der Waals surface area (Å²) in [7, 11) is 0. The zero-order valence-electron chi connectivity index (χ0n) is 11.4. The average Bonchev–Trinajstić information content (AvgIpc) is 3.05. The van der Waals surface area contributed by atoms with Gasteiger partial charge < -0.3 is 14.5 Å². The first-order valence-electron chi connectivity index (χ1n) is 7.26. The minimum absolute atomic E-state index is 0.493. The van der Waals surface area contributed by atoms with Crippen LogP contribution < -0.4 is 5.32 Å². The number of furan rings is 1. The van der Waals surface area contributed by atoms with Crippen molar-refractivity contribution in [2.24, 2.45) is 0 Å². The van der Waals surface area contributed by atoms with Gasteiger partial charge in [0.05, 0.1) is 12.4 Å². The molecule has 1 fully saturated rings. The molecule has 1 N–H and O–H groups in total. The molecular formula is C15H25NO2. The topological polar surface area (TPSA) is 34.4 Å². The lowest BCUT2D eigenvalue weighted by Gasteiger charge is -2.19. The summed E-state index contributed by atoms with van der Waals surface area (Å²) in [6.45, 7) is 4.24. The van der Waals surface area contributed by atoms with Crippen LogP contribution in [0.1, 0.15) is 44.8 Å². The van der Waals surface area contributed by atoms with E-state index in [1.165, 1.54) is 32.1 Å². The zero-order chi connectivity index (χ0) is 12.6. The Bertz CT molecular complexity index is 304. The van der Waals surface area contributed by atoms with E-state index in [2.05, 4.69) is 18.3 Å². The Balaban J connectivity index is 1.76. The van der Waals surface area contributed by atoms with E-state index in [-0.39, 0.29) is 0 Å². The molecule has 0 amide bonds. The van der Waals surface area contributed by atoms with Crippen molar-refractivity contribution < 1.29 is 9.15 Å². The molecule has 18 heavy (non-hydrogen) atoms. The normalized spacial score (nSPS) is 21.3. The van der Waals surface area contributed by atoms with Crippen LogP contribution in [0.4, 0.5) is 0 Å². The molecule has 2 heterocycles. The minimum atomic E-state index is 0.493. The molecule has 0 aliphatic carbocycles. The van der Waals surface area contributed by atoms with Crippen molar-refractivity contribution in [3.05, 3.63) is 24.2 Å². The highest BCUT2D eigenvalue weighted by Gasteiger charge is 2.18. The van der Waals surface area contributed by atoms with Crippen molar-refractivity contribution >= 4 is 0 Å². The van der Waals surface area contributed by atoms with E-state index in [1.807, 2.05) is 6.07 Å². The Morgan fingerprint density at radius 1 is 1.50 bits per heavy atom. The fourth-order valence-electron chi connectivity index (χ4n) is 2.56. The summed E-state index contributed by atoms with van der Waals surface area (Å²) in [5.41, 5.74) is 0. The first-order valence-corrected chi connectivity index (χ1v) is 7.26. The molecule has 2 atom stereocenters. The quantitative estimate of drug-likeness (QED) is 0.770. The standard InChI is InChI=1S/C15H25NO2/c1-2-9-16-13(12-15-6-4-11-18-15)7-8-14-5-3-10-17-14/h4,6,11,13-14,16H,2-3,5,7-10,12H2,1H3. The second-order valence-corrected chi connectivity index (χ2v) is 5.15. The average molecular weight is 251 g/mol. The lowest BCUT2D eigenvalue weighted by Crippen LogP contribution is -2.32. The van der Waals surface area contributed by atoms with Crippen molar-refractivity contribution in [1.82, 2.24) is 5.32 Å². The van der Waals surface area contributed by atoms with Gasteiger partial charge in [-0.2, -0.15) is 0 Å². The Hall–Kier alpha value is -0.800. The molecule has 2 unspecified atom stereocenters. The van der Waals surface area contributed by atoms with E-state index in [9.17, 15) is 0 Å². The highest BCUT2D eigenvalue weighted by Crippen LogP contribution is 2.19. The first kappa shape index (κ1) is 13.6. The van der Waals surface area contributed by atoms with Crippen molar-refractivity contribution in [2.45, 2.75) is 57.6 Å². The zero-order valence-corrected chi connectivity index (χ0v) is 11.4. The number of nitrogens with one attached hydrogen (secondary N) is 1. The highest BCUT2D eigenvalue weighted by molar-refractivity contribution is 5.00. The van der Waals surface area contributed by atoms with E-state index in [4.69, 9.17) is 9.15 Å². The molecular weight excluding hydrogens is 226 g/mol. The van der Waals surface area contributed by atoms with E-state index in [0.29, 0.717) is 12.1 Å². The maximum atomic E-state index is 5.69.